The lowest BCUT2D eigenvalue weighted by atomic mass is 9.93. The predicted octanol–water partition coefficient (Wildman–Crippen LogP) is 1.84. The first-order valence-electron chi connectivity index (χ1n) is 4.37. The maximum atomic E-state index is 5.99. The fourth-order valence-corrected chi connectivity index (χ4v) is 1.39. The van der Waals surface area contributed by atoms with Crippen molar-refractivity contribution in [2.24, 2.45) is 10.7 Å². The molecule has 0 saturated heterocycles. The van der Waals surface area contributed by atoms with Gasteiger partial charge in [-0.2, -0.15) is 0 Å². The Hall–Kier alpha value is -1.15. The van der Waals surface area contributed by atoms with Crippen molar-refractivity contribution in [3.05, 3.63) is 35.9 Å². The summed E-state index contributed by atoms with van der Waals surface area (Å²) < 4.78 is 0. The lowest BCUT2D eigenvalue weighted by Crippen LogP contribution is -2.42. The van der Waals surface area contributed by atoms with Crippen LogP contribution in [0, 0.1) is 0 Å². The zero-order valence-electron chi connectivity index (χ0n) is 8.41. The first kappa shape index (κ1) is 9.93. The second-order valence-corrected chi connectivity index (χ2v) is 3.66. The molecular formula is C11H16N2. The van der Waals surface area contributed by atoms with Crippen LogP contribution in [-0.2, 0) is 0 Å². The summed E-state index contributed by atoms with van der Waals surface area (Å²) in [7, 11) is 1.77. The Morgan fingerprint density at radius 2 is 1.77 bits per heavy atom. The fraction of sp³-hybridized carbons (Fsp3) is 0.364. The molecule has 0 aliphatic rings. The molecule has 0 heterocycles. The van der Waals surface area contributed by atoms with Crippen molar-refractivity contribution in [3.8, 4) is 0 Å². The van der Waals surface area contributed by atoms with Crippen molar-refractivity contribution in [1.82, 2.24) is 0 Å². The molecule has 0 saturated carbocycles. The third-order valence-electron chi connectivity index (χ3n) is 1.88. The zero-order valence-corrected chi connectivity index (χ0v) is 8.41. The first-order valence-corrected chi connectivity index (χ1v) is 4.37. The van der Waals surface area contributed by atoms with Crippen LogP contribution < -0.4 is 5.73 Å². The van der Waals surface area contributed by atoms with Crippen LogP contribution in [0.1, 0.15) is 19.4 Å². The number of rotatable bonds is 2. The summed E-state index contributed by atoms with van der Waals surface area (Å²) in [6.07, 6.45) is 0. The standard InChI is InChI=1S/C11H16N2/c1-11(2,12)10(13-3)9-7-5-4-6-8-9/h4-8H,12H2,1-3H3. The minimum Gasteiger partial charge on any atom is -0.321 e. The molecule has 2 heteroatoms. The van der Waals surface area contributed by atoms with Crippen LogP contribution in [0.25, 0.3) is 0 Å². The molecule has 1 aromatic carbocycles. The van der Waals surface area contributed by atoms with Gasteiger partial charge >= 0.3 is 0 Å². The average Bonchev–Trinajstić information content (AvgIpc) is 2.05. The SMILES string of the molecule is CN=C(c1ccccc1)C(C)(C)N. The van der Waals surface area contributed by atoms with Crippen LogP contribution in [0.3, 0.4) is 0 Å². The molecule has 0 aliphatic heterocycles. The van der Waals surface area contributed by atoms with Gasteiger partial charge in [0.25, 0.3) is 0 Å². The molecule has 0 spiro atoms. The van der Waals surface area contributed by atoms with E-state index in [-0.39, 0.29) is 5.54 Å². The Labute approximate surface area is 79.5 Å². The molecule has 70 valence electrons. The summed E-state index contributed by atoms with van der Waals surface area (Å²) in [5.41, 5.74) is 7.65. The molecule has 2 nitrogen and oxygen atoms in total. The Balaban J connectivity index is 3.08. The van der Waals surface area contributed by atoms with Gasteiger partial charge in [0.15, 0.2) is 0 Å². The zero-order chi connectivity index (χ0) is 9.90. The molecule has 0 bridgehead atoms. The summed E-state index contributed by atoms with van der Waals surface area (Å²) in [5, 5.41) is 0. The Morgan fingerprint density at radius 1 is 1.23 bits per heavy atom. The number of benzene rings is 1. The van der Waals surface area contributed by atoms with E-state index in [4.69, 9.17) is 5.73 Å². The van der Waals surface area contributed by atoms with Crippen LogP contribution in [-0.4, -0.2) is 18.3 Å². The van der Waals surface area contributed by atoms with E-state index in [1.54, 1.807) is 7.05 Å². The van der Waals surface area contributed by atoms with Gasteiger partial charge in [0, 0.05) is 7.05 Å². The molecule has 1 aromatic rings. The number of aliphatic imine (C=N–C) groups is 1. The quantitative estimate of drug-likeness (QED) is 0.686. The highest BCUT2D eigenvalue weighted by Crippen LogP contribution is 2.10. The minimum atomic E-state index is -0.379. The van der Waals surface area contributed by atoms with Gasteiger partial charge in [0.1, 0.15) is 0 Å². The van der Waals surface area contributed by atoms with Crippen molar-refractivity contribution in [2.45, 2.75) is 19.4 Å². The Bertz CT molecular complexity index is 294. The summed E-state index contributed by atoms with van der Waals surface area (Å²) >= 11 is 0. The van der Waals surface area contributed by atoms with E-state index >= 15 is 0 Å². The van der Waals surface area contributed by atoms with Gasteiger partial charge in [0.2, 0.25) is 0 Å². The minimum absolute atomic E-state index is 0.379. The van der Waals surface area contributed by atoms with Crippen molar-refractivity contribution in [3.63, 3.8) is 0 Å². The van der Waals surface area contributed by atoms with Crippen molar-refractivity contribution in [2.75, 3.05) is 7.05 Å². The van der Waals surface area contributed by atoms with Crippen LogP contribution in [0.5, 0.6) is 0 Å². The third kappa shape index (κ3) is 2.39. The van der Waals surface area contributed by atoms with Crippen LogP contribution in [0.4, 0.5) is 0 Å². The first-order chi connectivity index (χ1) is 6.05. The van der Waals surface area contributed by atoms with E-state index in [0.717, 1.165) is 11.3 Å². The molecule has 0 aromatic heterocycles. The predicted molar refractivity (Wildman–Crippen MR) is 57.2 cm³/mol. The Kier molecular flexibility index (Phi) is 2.83. The molecule has 0 amide bonds. The second kappa shape index (κ2) is 3.71. The van der Waals surface area contributed by atoms with Crippen molar-refractivity contribution < 1.29 is 0 Å². The van der Waals surface area contributed by atoms with Gasteiger partial charge < -0.3 is 5.73 Å². The molecule has 0 radical (unpaired) electrons. The summed E-state index contributed by atoms with van der Waals surface area (Å²) in [5.74, 6) is 0. The molecular weight excluding hydrogens is 160 g/mol. The smallest absolute Gasteiger partial charge is 0.0610 e. The van der Waals surface area contributed by atoms with E-state index in [2.05, 4.69) is 4.99 Å². The number of nitrogens with zero attached hydrogens (tertiary/aromatic N) is 1. The maximum absolute atomic E-state index is 5.99. The van der Waals surface area contributed by atoms with Gasteiger partial charge in [-0.25, -0.2) is 0 Å². The number of hydrogen-bond acceptors (Lipinski definition) is 2. The Morgan fingerprint density at radius 3 is 2.15 bits per heavy atom. The van der Waals surface area contributed by atoms with Gasteiger partial charge in [0.05, 0.1) is 11.3 Å². The number of nitrogens with two attached hydrogens (primary N) is 1. The maximum Gasteiger partial charge on any atom is 0.0610 e. The lowest BCUT2D eigenvalue weighted by Gasteiger charge is -2.21. The highest BCUT2D eigenvalue weighted by molar-refractivity contribution is 6.06. The highest BCUT2D eigenvalue weighted by atomic mass is 14.8. The molecule has 0 fully saturated rings. The van der Waals surface area contributed by atoms with E-state index in [0.29, 0.717) is 0 Å². The van der Waals surface area contributed by atoms with Gasteiger partial charge in [-0.3, -0.25) is 4.99 Å². The monoisotopic (exact) mass is 176 g/mol. The fourth-order valence-electron chi connectivity index (χ4n) is 1.39. The molecule has 0 aliphatic carbocycles. The van der Waals surface area contributed by atoms with Gasteiger partial charge in [-0.15, -0.1) is 0 Å². The van der Waals surface area contributed by atoms with E-state index in [9.17, 15) is 0 Å². The third-order valence-corrected chi connectivity index (χ3v) is 1.88. The van der Waals surface area contributed by atoms with E-state index in [1.165, 1.54) is 0 Å². The topological polar surface area (TPSA) is 38.4 Å². The summed E-state index contributed by atoms with van der Waals surface area (Å²) in [6.45, 7) is 3.92. The van der Waals surface area contributed by atoms with Crippen LogP contribution in [0.2, 0.25) is 0 Å². The van der Waals surface area contributed by atoms with Crippen LogP contribution >= 0.6 is 0 Å². The molecule has 13 heavy (non-hydrogen) atoms. The molecule has 0 atom stereocenters. The van der Waals surface area contributed by atoms with Gasteiger partial charge in [-0.1, -0.05) is 30.3 Å². The molecule has 0 unspecified atom stereocenters. The van der Waals surface area contributed by atoms with Crippen molar-refractivity contribution in [1.29, 1.82) is 0 Å². The van der Waals surface area contributed by atoms with Crippen LogP contribution in [0.15, 0.2) is 35.3 Å². The summed E-state index contributed by atoms with van der Waals surface area (Å²) in [4.78, 5) is 4.22. The summed E-state index contributed by atoms with van der Waals surface area (Å²) in [6, 6.07) is 10.0. The lowest BCUT2D eigenvalue weighted by molar-refractivity contribution is 0.698. The second-order valence-electron chi connectivity index (χ2n) is 3.66. The highest BCUT2D eigenvalue weighted by Gasteiger charge is 2.19. The van der Waals surface area contributed by atoms with E-state index < -0.39 is 0 Å². The molecule has 1 rings (SSSR count). The number of hydrogen-bond donors (Lipinski definition) is 1. The average molecular weight is 176 g/mol. The van der Waals surface area contributed by atoms with Crippen molar-refractivity contribution >= 4 is 5.71 Å². The van der Waals surface area contributed by atoms with E-state index in [1.807, 2.05) is 44.2 Å². The van der Waals surface area contributed by atoms with Gasteiger partial charge in [-0.05, 0) is 19.4 Å². The molecule has 2 N–H and O–H groups in total. The normalized spacial score (nSPS) is 13.1. The largest absolute Gasteiger partial charge is 0.321 e.